The summed E-state index contributed by atoms with van der Waals surface area (Å²) in [6.07, 6.45) is 0. The largest absolute Gasteiger partial charge is 0.309 e. The van der Waals surface area contributed by atoms with E-state index in [4.69, 9.17) is 23.2 Å². The minimum absolute atomic E-state index is 0. The highest BCUT2D eigenvalue weighted by molar-refractivity contribution is 6.23. The summed E-state index contributed by atoms with van der Waals surface area (Å²) in [7, 11) is 8.16. The maximum absolute atomic E-state index is 6.38. The van der Waals surface area contributed by atoms with Gasteiger partial charge in [-0.2, -0.15) is 0 Å². The molecule has 0 aliphatic rings. The Balaban J connectivity index is 0. The summed E-state index contributed by atoms with van der Waals surface area (Å²) in [4.78, 5) is 4.25. The van der Waals surface area contributed by atoms with Gasteiger partial charge < -0.3 is 9.80 Å². The first-order valence-electron chi connectivity index (χ1n) is 4.91. The third kappa shape index (κ3) is 6.85. The van der Waals surface area contributed by atoms with Gasteiger partial charge in [0.05, 0.1) is 5.38 Å². The molecule has 3 atom stereocenters. The van der Waals surface area contributed by atoms with Crippen molar-refractivity contribution in [3.63, 3.8) is 0 Å². The molecule has 0 heterocycles. The third-order valence-corrected chi connectivity index (χ3v) is 3.42. The van der Waals surface area contributed by atoms with E-state index in [1.165, 1.54) is 0 Å². The van der Waals surface area contributed by atoms with Gasteiger partial charge in [0.2, 0.25) is 0 Å². The van der Waals surface area contributed by atoms with E-state index in [9.17, 15) is 0 Å². The highest BCUT2D eigenvalue weighted by Gasteiger charge is 2.25. The van der Waals surface area contributed by atoms with Crippen LogP contribution in [0, 0.1) is 5.92 Å². The molecule has 0 saturated heterocycles. The molecule has 94 valence electrons. The Morgan fingerprint density at radius 3 is 1.87 bits per heavy atom. The first-order valence-corrected chi connectivity index (χ1v) is 5.88. The zero-order valence-electron chi connectivity index (χ0n) is 10.2. The van der Waals surface area contributed by atoms with Crippen LogP contribution in [0.3, 0.4) is 0 Å². The van der Waals surface area contributed by atoms with Crippen LogP contribution >= 0.6 is 35.6 Å². The number of hydrogen-bond donors (Lipinski definition) is 0. The molecule has 0 N–H and O–H groups in total. The molecule has 0 spiro atoms. The summed E-state index contributed by atoms with van der Waals surface area (Å²) in [5, 5.41) is 0.102. The lowest BCUT2D eigenvalue weighted by atomic mass is 10.0. The number of hydrogen-bond acceptors (Lipinski definition) is 2. The smallest absolute Gasteiger partial charge is 0.0540 e. The SMILES string of the molecule is CC(CN(C)C)C(Cl)C(CCl)N(C)C.Cl. The highest BCUT2D eigenvalue weighted by atomic mass is 35.5. The van der Waals surface area contributed by atoms with Crippen LogP contribution in [-0.4, -0.2) is 61.8 Å². The summed E-state index contributed by atoms with van der Waals surface area (Å²) < 4.78 is 0. The molecule has 5 heteroatoms. The van der Waals surface area contributed by atoms with Crippen molar-refractivity contribution < 1.29 is 0 Å². The predicted octanol–water partition coefficient (Wildman–Crippen LogP) is 2.38. The van der Waals surface area contributed by atoms with Gasteiger partial charge in [0.25, 0.3) is 0 Å². The van der Waals surface area contributed by atoms with Crippen molar-refractivity contribution in [2.24, 2.45) is 5.92 Å². The lowest BCUT2D eigenvalue weighted by Gasteiger charge is -2.31. The summed E-state index contributed by atoms with van der Waals surface area (Å²) >= 11 is 12.3. The molecule has 0 aliphatic heterocycles. The zero-order valence-corrected chi connectivity index (χ0v) is 12.5. The number of nitrogens with zero attached hydrogens (tertiary/aromatic N) is 2. The second-order valence-electron chi connectivity index (χ2n) is 4.37. The van der Waals surface area contributed by atoms with Crippen molar-refractivity contribution in [2.75, 3.05) is 40.6 Å². The van der Waals surface area contributed by atoms with Gasteiger partial charge in [0, 0.05) is 18.5 Å². The quantitative estimate of drug-likeness (QED) is 0.688. The van der Waals surface area contributed by atoms with Gasteiger partial charge in [-0.15, -0.1) is 35.6 Å². The average molecular weight is 278 g/mol. The van der Waals surface area contributed by atoms with E-state index < -0.39 is 0 Å². The molecule has 0 aromatic heterocycles. The van der Waals surface area contributed by atoms with Crippen molar-refractivity contribution in [3.8, 4) is 0 Å². The molecule has 0 bridgehead atoms. The maximum Gasteiger partial charge on any atom is 0.0540 e. The predicted molar refractivity (Wildman–Crippen MR) is 72.8 cm³/mol. The van der Waals surface area contributed by atoms with Crippen LogP contribution in [0.5, 0.6) is 0 Å². The van der Waals surface area contributed by atoms with Gasteiger partial charge in [-0.05, 0) is 34.1 Å². The number of alkyl halides is 2. The Morgan fingerprint density at radius 2 is 1.60 bits per heavy atom. The number of halogens is 3. The van der Waals surface area contributed by atoms with Gasteiger partial charge >= 0.3 is 0 Å². The van der Waals surface area contributed by atoms with Gasteiger partial charge in [0.1, 0.15) is 0 Å². The second-order valence-corrected chi connectivity index (χ2v) is 5.18. The summed E-state index contributed by atoms with van der Waals surface area (Å²) in [6, 6.07) is 0.244. The minimum atomic E-state index is 0. The fraction of sp³-hybridized carbons (Fsp3) is 1.00. The van der Waals surface area contributed by atoms with Gasteiger partial charge in [-0.25, -0.2) is 0 Å². The average Bonchev–Trinajstić information content (AvgIpc) is 2.03. The van der Waals surface area contributed by atoms with E-state index in [0.717, 1.165) is 6.54 Å². The van der Waals surface area contributed by atoms with Gasteiger partial charge in [-0.3, -0.25) is 0 Å². The molecule has 0 aromatic rings. The monoisotopic (exact) mass is 276 g/mol. The topological polar surface area (TPSA) is 6.48 Å². The molecule has 0 aliphatic carbocycles. The Labute approximate surface area is 110 Å². The molecule has 0 fully saturated rings. The number of rotatable bonds is 6. The van der Waals surface area contributed by atoms with Crippen molar-refractivity contribution >= 4 is 35.6 Å². The van der Waals surface area contributed by atoms with Crippen molar-refractivity contribution in [2.45, 2.75) is 18.3 Å². The normalized spacial score (nSPS) is 17.4. The lowest BCUT2D eigenvalue weighted by Crippen LogP contribution is -2.43. The summed E-state index contributed by atoms with van der Waals surface area (Å²) in [5.74, 6) is 1.02. The Bertz CT molecular complexity index is 154. The fourth-order valence-electron chi connectivity index (χ4n) is 1.56. The first kappa shape index (κ1) is 18.2. The molecule has 15 heavy (non-hydrogen) atoms. The molecule has 3 unspecified atom stereocenters. The zero-order chi connectivity index (χ0) is 11.3. The third-order valence-electron chi connectivity index (χ3n) is 2.39. The Kier molecular flexibility index (Phi) is 10.8. The Morgan fingerprint density at radius 1 is 1.13 bits per heavy atom. The molecule has 0 amide bonds. The molecule has 0 radical (unpaired) electrons. The molecule has 0 aromatic carbocycles. The van der Waals surface area contributed by atoms with Crippen molar-refractivity contribution in [1.29, 1.82) is 0 Å². The minimum Gasteiger partial charge on any atom is -0.309 e. The van der Waals surface area contributed by atoms with Crippen LogP contribution in [0.1, 0.15) is 6.92 Å². The summed E-state index contributed by atoms with van der Waals surface area (Å²) in [5.41, 5.74) is 0. The van der Waals surface area contributed by atoms with Crippen LogP contribution < -0.4 is 0 Å². The van der Waals surface area contributed by atoms with Crippen LogP contribution in [0.25, 0.3) is 0 Å². The second kappa shape index (κ2) is 8.89. The molecular formula is C10H23Cl3N2. The van der Waals surface area contributed by atoms with E-state index in [0.29, 0.717) is 11.8 Å². The van der Waals surface area contributed by atoms with Crippen LogP contribution in [0.2, 0.25) is 0 Å². The molecule has 2 nitrogen and oxygen atoms in total. The highest BCUT2D eigenvalue weighted by Crippen LogP contribution is 2.19. The van der Waals surface area contributed by atoms with Crippen molar-refractivity contribution in [3.05, 3.63) is 0 Å². The van der Waals surface area contributed by atoms with E-state index >= 15 is 0 Å². The van der Waals surface area contributed by atoms with E-state index in [2.05, 4.69) is 30.8 Å². The lowest BCUT2D eigenvalue weighted by molar-refractivity contribution is 0.247. The van der Waals surface area contributed by atoms with Crippen molar-refractivity contribution in [1.82, 2.24) is 9.80 Å². The molecule has 0 saturated carbocycles. The van der Waals surface area contributed by atoms with Crippen LogP contribution in [0.4, 0.5) is 0 Å². The van der Waals surface area contributed by atoms with E-state index in [1.54, 1.807) is 0 Å². The first-order chi connectivity index (χ1) is 6.40. The molecule has 0 rings (SSSR count). The standard InChI is InChI=1S/C10H22Cl2N2.ClH/c1-8(7-13(2)3)10(12)9(6-11)14(4)5;/h8-10H,6-7H2,1-5H3;1H. The maximum atomic E-state index is 6.38. The van der Waals surface area contributed by atoms with E-state index in [-0.39, 0.29) is 23.8 Å². The Hall–Kier alpha value is 0.790. The van der Waals surface area contributed by atoms with E-state index in [1.807, 2.05) is 14.1 Å². The fourth-order valence-corrected chi connectivity index (χ4v) is 2.52. The van der Waals surface area contributed by atoms with Crippen LogP contribution in [0.15, 0.2) is 0 Å². The van der Waals surface area contributed by atoms with Crippen LogP contribution in [-0.2, 0) is 0 Å². The summed E-state index contributed by atoms with van der Waals surface area (Å²) in [6.45, 7) is 3.16. The van der Waals surface area contributed by atoms with Gasteiger partial charge in [-0.1, -0.05) is 6.92 Å². The van der Waals surface area contributed by atoms with Gasteiger partial charge in [0.15, 0.2) is 0 Å². The molecular weight excluding hydrogens is 254 g/mol.